The molecular formula is C14H21N5O3. The number of nitrogens with one attached hydrogen (secondary N) is 1. The fourth-order valence-corrected chi connectivity index (χ4v) is 2.95. The van der Waals surface area contributed by atoms with Crippen molar-refractivity contribution < 1.29 is 14.3 Å². The fourth-order valence-electron chi connectivity index (χ4n) is 2.95. The third-order valence-electron chi connectivity index (χ3n) is 4.19. The number of aryl methyl sites for hydroxylation is 1. The van der Waals surface area contributed by atoms with Gasteiger partial charge in [-0.15, -0.1) is 0 Å². The Kier molecular flexibility index (Phi) is 4.12. The largest absolute Gasteiger partial charge is 0.364 e. The maximum atomic E-state index is 12.4. The summed E-state index contributed by atoms with van der Waals surface area (Å²) < 4.78 is 7.20. The molecule has 2 aliphatic heterocycles. The minimum absolute atomic E-state index is 0.0538. The molecule has 3 N–H and O–H groups in total. The first-order valence-corrected chi connectivity index (χ1v) is 7.54. The van der Waals surface area contributed by atoms with E-state index in [1.807, 2.05) is 0 Å². The van der Waals surface area contributed by atoms with Crippen molar-refractivity contribution in [3.63, 3.8) is 0 Å². The maximum Gasteiger partial charge on any atom is 0.249 e. The number of nitrogens with two attached hydrogens (primary N) is 1. The predicted molar refractivity (Wildman–Crippen MR) is 79.1 cm³/mol. The number of carbonyl (C=O) groups excluding carboxylic acids is 2. The van der Waals surface area contributed by atoms with Gasteiger partial charge in [-0.3, -0.25) is 14.3 Å². The zero-order chi connectivity index (χ0) is 15.7. The summed E-state index contributed by atoms with van der Waals surface area (Å²) in [6, 6.07) is -0.492. The van der Waals surface area contributed by atoms with Gasteiger partial charge in [0.25, 0.3) is 0 Å². The molecule has 0 aliphatic carbocycles. The van der Waals surface area contributed by atoms with Crippen LogP contribution in [0.1, 0.15) is 19.3 Å². The Morgan fingerprint density at radius 2 is 2.32 bits per heavy atom. The van der Waals surface area contributed by atoms with E-state index in [0.717, 1.165) is 12.1 Å². The molecule has 2 saturated heterocycles. The van der Waals surface area contributed by atoms with Crippen LogP contribution in [-0.4, -0.2) is 52.9 Å². The minimum Gasteiger partial charge on any atom is -0.364 e. The van der Waals surface area contributed by atoms with Crippen molar-refractivity contribution in [1.29, 1.82) is 0 Å². The van der Waals surface area contributed by atoms with Gasteiger partial charge in [0, 0.05) is 26.3 Å². The van der Waals surface area contributed by atoms with Crippen LogP contribution in [-0.2, 0) is 21.4 Å². The molecule has 0 saturated carbocycles. The molecule has 8 nitrogen and oxygen atoms in total. The third-order valence-corrected chi connectivity index (χ3v) is 4.19. The van der Waals surface area contributed by atoms with Crippen LogP contribution < -0.4 is 16.0 Å². The number of amides is 2. The second kappa shape index (κ2) is 6.05. The molecule has 0 bridgehead atoms. The van der Waals surface area contributed by atoms with Crippen molar-refractivity contribution in [2.75, 3.05) is 18.0 Å². The molecule has 2 fully saturated rings. The van der Waals surface area contributed by atoms with Gasteiger partial charge < -0.3 is 20.7 Å². The molecule has 2 aliphatic rings. The van der Waals surface area contributed by atoms with E-state index in [0.29, 0.717) is 25.9 Å². The normalized spacial score (nSPS) is 28.4. The van der Waals surface area contributed by atoms with Crippen LogP contribution >= 0.6 is 0 Å². The number of carbonyl (C=O) groups is 2. The summed E-state index contributed by atoms with van der Waals surface area (Å²) in [6.07, 6.45) is 4.92. The Hall–Kier alpha value is -1.93. The van der Waals surface area contributed by atoms with E-state index in [1.54, 1.807) is 29.0 Å². The van der Waals surface area contributed by atoms with Crippen LogP contribution in [0.2, 0.25) is 0 Å². The zero-order valence-corrected chi connectivity index (χ0v) is 12.6. The van der Waals surface area contributed by atoms with Crippen molar-refractivity contribution in [2.45, 2.75) is 37.5 Å². The summed E-state index contributed by atoms with van der Waals surface area (Å²) in [7, 11) is 1.80. The van der Waals surface area contributed by atoms with Crippen LogP contribution in [0.5, 0.6) is 0 Å². The summed E-state index contributed by atoms with van der Waals surface area (Å²) >= 11 is 0. The molecule has 0 aromatic carbocycles. The van der Waals surface area contributed by atoms with E-state index in [9.17, 15) is 9.59 Å². The van der Waals surface area contributed by atoms with Gasteiger partial charge in [-0.2, -0.15) is 5.10 Å². The number of nitrogens with zero attached hydrogens (tertiary/aromatic N) is 3. The smallest absolute Gasteiger partial charge is 0.249 e. The lowest BCUT2D eigenvalue weighted by Crippen LogP contribution is -2.45. The van der Waals surface area contributed by atoms with Crippen molar-refractivity contribution in [1.82, 2.24) is 15.1 Å². The lowest BCUT2D eigenvalue weighted by molar-refractivity contribution is -0.134. The molecule has 1 aromatic rings. The van der Waals surface area contributed by atoms with E-state index in [-0.39, 0.29) is 17.9 Å². The molecule has 120 valence electrons. The monoisotopic (exact) mass is 307 g/mol. The fraction of sp³-hybridized carbons (Fsp3) is 0.643. The first kappa shape index (κ1) is 15.0. The number of anilines is 1. The molecule has 3 rings (SSSR count). The van der Waals surface area contributed by atoms with Crippen molar-refractivity contribution in [3.8, 4) is 0 Å². The van der Waals surface area contributed by atoms with E-state index in [4.69, 9.17) is 10.5 Å². The average Bonchev–Trinajstić information content (AvgIpc) is 3.20. The Balaban J connectivity index is 1.58. The van der Waals surface area contributed by atoms with Gasteiger partial charge in [-0.1, -0.05) is 0 Å². The lowest BCUT2D eigenvalue weighted by atomic mass is 10.1. The molecule has 3 heterocycles. The average molecular weight is 307 g/mol. The van der Waals surface area contributed by atoms with Crippen LogP contribution in [0.4, 0.5) is 5.69 Å². The summed E-state index contributed by atoms with van der Waals surface area (Å²) in [6.45, 7) is 0.993. The Bertz CT molecular complexity index is 573. The van der Waals surface area contributed by atoms with Gasteiger partial charge in [0.1, 0.15) is 12.1 Å². The van der Waals surface area contributed by atoms with Gasteiger partial charge in [0.05, 0.1) is 18.0 Å². The van der Waals surface area contributed by atoms with Crippen molar-refractivity contribution in [3.05, 3.63) is 12.4 Å². The van der Waals surface area contributed by atoms with Gasteiger partial charge in [-0.05, 0) is 19.3 Å². The van der Waals surface area contributed by atoms with Gasteiger partial charge in [0.2, 0.25) is 11.8 Å². The molecule has 1 unspecified atom stereocenters. The molecule has 0 spiro atoms. The predicted octanol–water partition coefficient (Wildman–Crippen LogP) is -0.852. The SMILES string of the molecule is Cn1cc(N2CCC(NC(=O)[C@@H]3CC[C@H](CN)O3)C2=O)cn1. The highest BCUT2D eigenvalue weighted by molar-refractivity contribution is 6.01. The van der Waals surface area contributed by atoms with Gasteiger partial charge in [0.15, 0.2) is 0 Å². The summed E-state index contributed by atoms with van der Waals surface area (Å²) in [4.78, 5) is 26.2. The summed E-state index contributed by atoms with van der Waals surface area (Å²) in [5.74, 6) is -0.322. The molecule has 1 aromatic heterocycles. The van der Waals surface area contributed by atoms with Crippen molar-refractivity contribution in [2.24, 2.45) is 12.8 Å². The molecule has 8 heteroatoms. The summed E-state index contributed by atoms with van der Waals surface area (Å²) in [5.41, 5.74) is 6.30. The van der Waals surface area contributed by atoms with Crippen LogP contribution in [0.3, 0.4) is 0 Å². The number of ether oxygens (including phenoxy) is 1. The first-order valence-electron chi connectivity index (χ1n) is 7.54. The standard InChI is InChI=1S/C14H21N5O3/c1-18-8-9(7-16-18)19-5-4-11(14(19)21)17-13(20)12-3-2-10(6-15)22-12/h7-8,10-12H,2-6,15H2,1H3,(H,17,20)/t10-,11?,12+/m1/s1. The molecule has 0 radical (unpaired) electrons. The highest BCUT2D eigenvalue weighted by Gasteiger charge is 2.37. The highest BCUT2D eigenvalue weighted by Crippen LogP contribution is 2.22. The summed E-state index contributed by atoms with van der Waals surface area (Å²) in [5, 5.41) is 6.86. The third kappa shape index (κ3) is 2.84. The molecule has 3 atom stereocenters. The van der Waals surface area contributed by atoms with Crippen LogP contribution in [0, 0.1) is 0 Å². The zero-order valence-electron chi connectivity index (χ0n) is 12.6. The topological polar surface area (TPSA) is 102 Å². The quantitative estimate of drug-likeness (QED) is 0.754. The number of aromatic nitrogens is 2. The second-order valence-corrected chi connectivity index (χ2v) is 5.77. The van der Waals surface area contributed by atoms with E-state index >= 15 is 0 Å². The molecule has 22 heavy (non-hydrogen) atoms. The van der Waals surface area contributed by atoms with Crippen LogP contribution in [0.25, 0.3) is 0 Å². The Labute approximate surface area is 128 Å². The first-order chi connectivity index (χ1) is 10.6. The molecular weight excluding hydrogens is 286 g/mol. The maximum absolute atomic E-state index is 12.4. The minimum atomic E-state index is -0.492. The number of hydrogen-bond acceptors (Lipinski definition) is 5. The van der Waals surface area contributed by atoms with Gasteiger partial charge >= 0.3 is 0 Å². The van der Waals surface area contributed by atoms with E-state index in [2.05, 4.69) is 10.4 Å². The Morgan fingerprint density at radius 1 is 1.50 bits per heavy atom. The number of rotatable bonds is 4. The number of hydrogen-bond donors (Lipinski definition) is 2. The lowest BCUT2D eigenvalue weighted by Gasteiger charge is -2.17. The highest BCUT2D eigenvalue weighted by atomic mass is 16.5. The van der Waals surface area contributed by atoms with E-state index in [1.165, 1.54) is 0 Å². The molecule has 2 amide bonds. The van der Waals surface area contributed by atoms with Crippen LogP contribution in [0.15, 0.2) is 12.4 Å². The van der Waals surface area contributed by atoms with Gasteiger partial charge in [-0.25, -0.2) is 0 Å². The second-order valence-electron chi connectivity index (χ2n) is 5.77. The Morgan fingerprint density at radius 3 is 2.95 bits per heavy atom. The van der Waals surface area contributed by atoms with Crippen molar-refractivity contribution >= 4 is 17.5 Å². The van der Waals surface area contributed by atoms with E-state index < -0.39 is 12.1 Å².